The monoisotopic (exact) mass is 354 g/mol. The summed E-state index contributed by atoms with van der Waals surface area (Å²) in [5.74, 6) is 1.43. The van der Waals surface area contributed by atoms with E-state index in [1.807, 2.05) is 85.8 Å². The number of ether oxygens (including phenoxy) is 1. The quantitative estimate of drug-likeness (QED) is 0.497. The lowest BCUT2D eigenvalue weighted by atomic mass is 9.83. The second kappa shape index (κ2) is 6.02. The Kier molecular flexibility index (Phi) is 3.50. The summed E-state index contributed by atoms with van der Waals surface area (Å²) in [6, 6.07) is 25.5. The smallest absolute Gasteiger partial charge is 0.275 e. The van der Waals surface area contributed by atoms with E-state index in [0.29, 0.717) is 0 Å². The fourth-order valence-electron chi connectivity index (χ4n) is 3.88. The number of nitrogens with one attached hydrogen (secondary N) is 1. The van der Waals surface area contributed by atoms with Gasteiger partial charge in [-0.15, -0.1) is 0 Å². The second-order valence-corrected chi connectivity index (χ2v) is 6.74. The van der Waals surface area contributed by atoms with Gasteiger partial charge in [0.05, 0.1) is 11.3 Å². The Hall–Kier alpha value is -3.53. The lowest BCUT2D eigenvalue weighted by molar-refractivity contribution is 0.452. The highest BCUT2D eigenvalue weighted by Crippen LogP contribution is 2.46. The molecule has 4 nitrogen and oxygen atoms in total. The minimum absolute atomic E-state index is 0.0322. The molecule has 0 atom stereocenters. The zero-order valence-corrected chi connectivity index (χ0v) is 14.8. The third-order valence-corrected chi connectivity index (χ3v) is 5.10. The van der Waals surface area contributed by atoms with Gasteiger partial charge in [-0.05, 0) is 31.2 Å². The zero-order valence-electron chi connectivity index (χ0n) is 14.8. The molecule has 1 aliphatic rings. The van der Waals surface area contributed by atoms with Crippen molar-refractivity contribution in [2.45, 2.75) is 12.8 Å². The summed E-state index contributed by atoms with van der Waals surface area (Å²) < 4.78 is 7.70. The van der Waals surface area contributed by atoms with E-state index < -0.39 is 0 Å². The fourth-order valence-corrected chi connectivity index (χ4v) is 3.88. The molecular weight excluding hydrogens is 336 g/mol. The van der Waals surface area contributed by atoms with E-state index in [2.05, 4.69) is 5.10 Å². The van der Waals surface area contributed by atoms with Gasteiger partial charge in [0.15, 0.2) is 0 Å². The van der Waals surface area contributed by atoms with Gasteiger partial charge in [0, 0.05) is 22.7 Å². The summed E-state index contributed by atoms with van der Waals surface area (Å²) in [6.45, 7) is 1.96. The van der Waals surface area contributed by atoms with Gasteiger partial charge in [0.2, 0.25) is 0 Å². The third-order valence-electron chi connectivity index (χ3n) is 5.10. The minimum Gasteiger partial charge on any atom is -0.457 e. The lowest BCUT2D eigenvalue weighted by Gasteiger charge is -2.27. The average molecular weight is 354 g/mol. The van der Waals surface area contributed by atoms with Gasteiger partial charge in [-0.1, -0.05) is 54.6 Å². The van der Waals surface area contributed by atoms with Crippen LogP contribution in [0.3, 0.4) is 0 Å². The van der Waals surface area contributed by atoms with Gasteiger partial charge in [0.1, 0.15) is 11.5 Å². The van der Waals surface area contributed by atoms with Crippen molar-refractivity contribution in [1.82, 2.24) is 9.78 Å². The third kappa shape index (κ3) is 2.41. The number of rotatable bonds is 2. The second-order valence-electron chi connectivity index (χ2n) is 6.74. The molecular formula is C23H18N2O2. The Labute approximate surface area is 156 Å². The van der Waals surface area contributed by atoms with Gasteiger partial charge < -0.3 is 4.74 Å². The molecule has 0 spiro atoms. The standard InChI is InChI=1S/C23H18N2O2/c1-15-21(23(26)25(24-15)16-9-3-2-4-10-16)22-17-11-5-7-13-19(17)27-20-14-8-6-12-18(20)22/h2-14,22,24H,1H3. The molecule has 0 radical (unpaired) electrons. The first-order valence-corrected chi connectivity index (χ1v) is 8.96. The molecule has 4 heteroatoms. The molecule has 0 aliphatic carbocycles. The number of aromatic nitrogens is 2. The number of benzene rings is 3. The van der Waals surface area contributed by atoms with Crippen LogP contribution in [0, 0.1) is 6.92 Å². The number of aryl methyl sites for hydroxylation is 1. The topological polar surface area (TPSA) is 47.0 Å². The van der Waals surface area contributed by atoms with E-state index >= 15 is 0 Å². The van der Waals surface area contributed by atoms with Crippen molar-refractivity contribution in [2.75, 3.05) is 0 Å². The number of hydrogen-bond acceptors (Lipinski definition) is 2. The molecule has 1 aromatic heterocycles. The van der Waals surface area contributed by atoms with Crippen LogP contribution in [0.4, 0.5) is 0 Å². The number of nitrogens with zero attached hydrogens (tertiary/aromatic N) is 1. The fraction of sp³-hybridized carbons (Fsp3) is 0.0870. The molecule has 2 heterocycles. The van der Waals surface area contributed by atoms with Crippen molar-refractivity contribution in [1.29, 1.82) is 0 Å². The predicted octanol–water partition coefficient (Wildman–Crippen LogP) is 4.76. The van der Waals surface area contributed by atoms with Gasteiger partial charge in [-0.3, -0.25) is 9.89 Å². The minimum atomic E-state index is -0.167. The number of aromatic amines is 1. The first-order chi connectivity index (χ1) is 13.2. The molecule has 1 N–H and O–H groups in total. The average Bonchev–Trinajstić information content (AvgIpc) is 3.01. The molecule has 27 heavy (non-hydrogen) atoms. The van der Waals surface area contributed by atoms with E-state index in [4.69, 9.17) is 4.74 Å². The molecule has 1 aliphatic heterocycles. The summed E-state index contributed by atoms with van der Waals surface area (Å²) in [5, 5.41) is 3.25. The van der Waals surface area contributed by atoms with Crippen molar-refractivity contribution in [3.05, 3.63) is 112 Å². The Balaban J connectivity index is 1.77. The molecule has 0 unspecified atom stereocenters. The van der Waals surface area contributed by atoms with Crippen LogP contribution in [-0.4, -0.2) is 9.78 Å². The predicted molar refractivity (Wildman–Crippen MR) is 105 cm³/mol. The first-order valence-electron chi connectivity index (χ1n) is 8.96. The summed E-state index contributed by atoms with van der Waals surface area (Å²) >= 11 is 0. The van der Waals surface area contributed by atoms with Gasteiger partial charge >= 0.3 is 0 Å². The summed E-state index contributed by atoms with van der Waals surface area (Å²) in [6.07, 6.45) is 0. The highest BCUT2D eigenvalue weighted by atomic mass is 16.5. The normalized spacial score (nSPS) is 12.9. The van der Waals surface area contributed by atoms with Gasteiger partial charge in [-0.2, -0.15) is 0 Å². The number of hydrogen-bond donors (Lipinski definition) is 1. The van der Waals surface area contributed by atoms with Crippen LogP contribution >= 0.6 is 0 Å². The van der Waals surface area contributed by atoms with Crippen LogP contribution in [0.25, 0.3) is 5.69 Å². The highest BCUT2D eigenvalue weighted by Gasteiger charge is 2.32. The Morgan fingerprint density at radius 2 is 1.37 bits per heavy atom. The molecule has 4 aromatic rings. The van der Waals surface area contributed by atoms with Crippen molar-refractivity contribution in [3.63, 3.8) is 0 Å². The van der Waals surface area contributed by atoms with E-state index in [-0.39, 0.29) is 11.5 Å². The van der Waals surface area contributed by atoms with Gasteiger partial charge in [0.25, 0.3) is 5.56 Å². The summed E-state index contributed by atoms with van der Waals surface area (Å²) in [5.41, 5.74) is 4.43. The SMILES string of the molecule is Cc1[nH]n(-c2ccccc2)c(=O)c1C1c2ccccc2Oc2ccccc21. The summed E-state index contributed by atoms with van der Waals surface area (Å²) in [4.78, 5) is 13.4. The largest absolute Gasteiger partial charge is 0.457 e. The Morgan fingerprint density at radius 3 is 2.00 bits per heavy atom. The van der Waals surface area contributed by atoms with E-state index in [1.54, 1.807) is 4.68 Å². The molecule has 3 aromatic carbocycles. The first kappa shape index (κ1) is 15.7. The molecule has 0 saturated heterocycles. The lowest BCUT2D eigenvalue weighted by Crippen LogP contribution is -2.22. The van der Waals surface area contributed by atoms with Crippen LogP contribution < -0.4 is 10.3 Å². The Morgan fingerprint density at radius 1 is 0.815 bits per heavy atom. The molecule has 0 bridgehead atoms. The van der Waals surface area contributed by atoms with E-state index in [1.165, 1.54) is 0 Å². The number of fused-ring (bicyclic) bond motifs is 2. The van der Waals surface area contributed by atoms with Crippen molar-refractivity contribution in [3.8, 4) is 17.2 Å². The van der Waals surface area contributed by atoms with Crippen molar-refractivity contribution in [2.24, 2.45) is 0 Å². The molecule has 5 rings (SSSR count). The maximum atomic E-state index is 13.4. The van der Waals surface area contributed by atoms with Gasteiger partial charge in [-0.25, -0.2) is 4.68 Å². The van der Waals surface area contributed by atoms with Crippen LogP contribution in [0.1, 0.15) is 28.3 Å². The maximum absolute atomic E-state index is 13.4. The van der Waals surface area contributed by atoms with Crippen LogP contribution in [0.15, 0.2) is 83.7 Å². The van der Waals surface area contributed by atoms with Crippen molar-refractivity contribution < 1.29 is 4.74 Å². The van der Waals surface area contributed by atoms with Crippen LogP contribution in [0.5, 0.6) is 11.5 Å². The van der Waals surface area contributed by atoms with Crippen LogP contribution in [0.2, 0.25) is 0 Å². The van der Waals surface area contributed by atoms with E-state index in [9.17, 15) is 4.79 Å². The summed E-state index contributed by atoms with van der Waals surface area (Å²) in [7, 11) is 0. The van der Waals surface area contributed by atoms with Crippen molar-refractivity contribution >= 4 is 0 Å². The molecule has 0 fully saturated rings. The highest BCUT2D eigenvalue weighted by molar-refractivity contribution is 5.58. The maximum Gasteiger partial charge on any atom is 0.275 e. The number of para-hydroxylation sites is 3. The molecule has 0 saturated carbocycles. The molecule has 0 amide bonds. The number of H-pyrrole nitrogens is 1. The van der Waals surface area contributed by atoms with E-state index in [0.717, 1.165) is 39.6 Å². The van der Waals surface area contributed by atoms with Crippen LogP contribution in [-0.2, 0) is 0 Å². The zero-order chi connectivity index (χ0) is 18.4. The Bertz CT molecular complexity index is 1140. The molecule has 132 valence electrons.